The smallest absolute Gasteiger partial charge is 0.204 e. The van der Waals surface area contributed by atoms with Gasteiger partial charge in [0.2, 0.25) is 5.90 Å². The average molecular weight is 283 g/mol. The molecular weight excluding hydrogens is 258 g/mol. The lowest BCUT2D eigenvalue weighted by atomic mass is 9.82. The van der Waals surface area contributed by atoms with Gasteiger partial charge in [-0.2, -0.15) is 0 Å². The van der Waals surface area contributed by atoms with Crippen molar-refractivity contribution in [1.82, 2.24) is 0 Å². The molecule has 0 aromatic heterocycles. The molecule has 0 radical (unpaired) electrons. The Morgan fingerprint density at radius 2 is 1.67 bits per heavy atom. The van der Waals surface area contributed by atoms with E-state index in [9.17, 15) is 0 Å². The van der Waals surface area contributed by atoms with Crippen molar-refractivity contribution in [1.29, 1.82) is 0 Å². The zero-order chi connectivity index (χ0) is 15.0. The number of benzene rings is 1. The molecule has 2 nitrogen and oxygen atoms in total. The standard InChI is InChI=1S/C19H25NO/c1-13-9-8-10-14(2)17(13)20-18-19(3,4)15-11-6-5-7-12-16(15)21-18/h8-10H,5-7,11-12H2,1-4H3. The zero-order valence-corrected chi connectivity index (χ0v) is 13.6. The van der Waals surface area contributed by atoms with E-state index in [1.165, 1.54) is 41.7 Å². The molecular formula is C19H25NO. The van der Waals surface area contributed by atoms with Gasteiger partial charge in [-0.15, -0.1) is 0 Å². The van der Waals surface area contributed by atoms with Gasteiger partial charge in [0.05, 0.1) is 11.1 Å². The van der Waals surface area contributed by atoms with Crippen molar-refractivity contribution in [3.05, 3.63) is 40.7 Å². The van der Waals surface area contributed by atoms with Gasteiger partial charge in [-0.1, -0.05) is 24.6 Å². The first kappa shape index (κ1) is 14.4. The predicted octanol–water partition coefficient (Wildman–Crippen LogP) is 5.61. The molecule has 0 saturated carbocycles. The molecule has 21 heavy (non-hydrogen) atoms. The van der Waals surface area contributed by atoms with E-state index in [4.69, 9.17) is 9.73 Å². The number of nitrogens with zero attached hydrogens (tertiary/aromatic N) is 1. The van der Waals surface area contributed by atoms with Crippen molar-refractivity contribution >= 4 is 11.6 Å². The summed E-state index contributed by atoms with van der Waals surface area (Å²) in [5.41, 5.74) is 4.91. The lowest BCUT2D eigenvalue weighted by molar-refractivity contribution is 0.383. The number of rotatable bonds is 1. The van der Waals surface area contributed by atoms with Gasteiger partial charge in [-0.3, -0.25) is 0 Å². The van der Waals surface area contributed by atoms with E-state index >= 15 is 0 Å². The van der Waals surface area contributed by atoms with E-state index in [0.717, 1.165) is 24.4 Å². The maximum absolute atomic E-state index is 6.20. The third-order valence-corrected chi connectivity index (χ3v) is 4.83. The molecule has 1 aromatic rings. The number of hydrogen-bond donors (Lipinski definition) is 0. The summed E-state index contributed by atoms with van der Waals surface area (Å²) in [6.07, 6.45) is 6.07. The summed E-state index contributed by atoms with van der Waals surface area (Å²) in [5.74, 6) is 2.08. The molecule has 0 spiro atoms. The van der Waals surface area contributed by atoms with Crippen LogP contribution in [-0.2, 0) is 4.74 Å². The highest BCUT2D eigenvalue weighted by Crippen LogP contribution is 2.45. The van der Waals surface area contributed by atoms with Gasteiger partial charge >= 0.3 is 0 Å². The molecule has 0 unspecified atom stereocenters. The van der Waals surface area contributed by atoms with Crippen LogP contribution in [0.25, 0.3) is 0 Å². The first-order valence-corrected chi connectivity index (χ1v) is 8.06. The monoisotopic (exact) mass is 283 g/mol. The van der Waals surface area contributed by atoms with Gasteiger partial charge in [0, 0.05) is 6.42 Å². The average Bonchev–Trinajstić information content (AvgIpc) is 2.60. The van der Waals surface area contributed by atoms with Crippen molar-refractivity contribution < 1.29 is 4.74 Å². The zero-order valence-electron chi connectivity index (χ0n) is 13.6. The normalized spacial score (nSPS) is 23.0. The molecule has 1 heterocycles. The number of aryl methyl sites for hydroxylation is 2. The quantitative estimate of drug-likeness (QED) is 0.656. The second kappa shape index (κ2) is 5.32. The lowest BCUT2D eigenvalue weighted by Crippen LogP contribution is -2.22. The third kappa shape index (κ3) is 2.52. The van der Waals surface area contributed by atoms with Crippen molar-refractivity contribution in [3.63, 3.8) is 0 Å². The Hall–Kier alpha value is -1.57. The van der Waals surface area contributed by atoms with E-state index in [1.54, 1.807) is 0 Å². The minimum atomic E-state index is -0.0611. The Morgan fingerprint density at radius 3 is 2.38 bits per heavy atom. The summed E-state index contributed by atoms with van der Waals surface area (Å²) < 4.78 is 6.20. The van der Waals surface area contributed by atoms with Gasteiger partial charge in [-0.05, 0) is 63.7 Å². The Kier molecular flexibility index (Phi) is 3.64. The van der Waals surface area contributed by atoms with Crippen LogP contribution < -0.4 is 0 Å². The van der Waals surface area contributed by atoms with Gasteiger partial charge in [0.25, 0.3) is 0 Å². The number of aliphatic imine (C=N–C) groups is 1. The highest BCUT2D eigenvalue weighted by Gasteiger charge is 2.41. The molecule has 0 bridgehead atoms. The molecule has 112 valence electrons. The van der Waals surface area contributed by atoms with Crippen LogP contribution >= 0.6 is 0 Å². The lowest BCUT2D eigenvalue weighted by Gasteiger charge is -2.21. The Bertz CT molecular complexity index is 602. The van der Waals surface area contributed by atoms with E-state index in [0.29, 0.717) is 0 Å². The van der Waals surface area contributed by atoms with E-state index < -0.39 is 0 Å². The SMILES string of the molecule is Cc1cccc(C)c1N=C1OC2=C(CCCCC2)C1(C)C. The van der Waals surface area contributed by atoms with Gasteiger partial charge in [0.1, 0.15) is 5.76 Å². The molecule has 3 rings (SSSR count). The van der Waals surface area contributed by atoms with Crippen molar-refractivity contribution in [3.8, 4) is 0 Å². The highest BCUT2D eigenvalue weighted by molar-refractivity contribution is 5.91. The van der Waals surface area contributed by atoms with Crippen LogP contribution in [0.2, 0.25) is 0 Å². The number of para-hydroxylation sites is 1. The highest BCUT2D eigenvalue weighted by atomic mass is 16.5. The third-order valence-electron chi connectivity index (χ3n) is 4.83. The second-order valence-electron chi connectivity index (χ2n) is 6.85. The van der Waals surface area contributed by atoms with Gasteiger partial charge < -0.3 is 4.74 Å². The summed E-state index contributed by atoms with van der Waals surface area (Å²) >= 11 is 0. The minimum absolute atomic E-state index is 0.0611. The van der Waals surface area contributed by atoms with Crippen LogP contribution in [0, 0.1) is 19.3 Å². The first-order chi connectivity index (χ1) is 10.00. The van der Waals surface area contributed by atoms with Crippen LogP contribution in [0.4, 0.5) is 5.69 Å². The van der Waals surface area contributed by atoms with Crippen LogP contribution in [0.3, 0.4) is 0 Å². The predicted molar refractivity (Wildman–Crippen MR) is 88.0 cm³/mol. The minimum Gasteiger partial charge on any atom is -0.446 e. The fraction of sp³-hybridized carbons (Fsp3) is 0.526. The van der Waals surface area contributed by atoms with Crippen LogP contribution in [0.5, 0.6) is 0 Å². The van der Waals surface area contributed by atoms with Crippen molar-refractivity contribution in [2.24, 2.45) is 10.4 Å². The van der Waals surface area contributed by atoms with E-state index in [-0.39, 0.29) is 5.41 Å². The molecule has 1 aliphatic carbocycles. The number of allylic oxidation sites excluding steroid dienone is 1. The largest absolute Gasteiger partial charge is 0.446 e. The summed E-state index contributed by atoms with van der Waals surface area (Å²) in [7, 11) is 0. The van der Waals surface area contributed by atoms with Crippen molar-refractivity contribution in [2.45, 2.75) is 59.8 Å². The van der Waals surface area contributed by atoms with Gasteiger partial charge in [-0.25, -0.2) is 4.99 Å². The Morgan fingerprint density at radius 1 is 1.00 bits per heavy atom. The van der Waals surface area contributed by atoms with Crippen LogP contribution in [0.15, 0.2) is 34.5 Å². The number of ether oxygens (including phenoxy) is 1. The Labute approximate surface area is 127 Å². The molecule has 1 aromatic carbocycles. The first-order valence-electron chi connectivity index (χ1n) is 8.06. The fourth-order valence-corrected chi connectivity index (χ4v) is 3.45. The summed E-state index contributed by atoms with van der Waals surface area (Å²) in [6, 6.07) is 6.32. The topological polar surface area (TPSA) is 21.6 Å². The molecule has 1 aliphatic heterocycles. The van der Waals surface area contributed by atoms with Gasteiger partial charge in [0.15, 0.2) is 0 Å². The number of hydrogen-bond acceptors (Lipinski definition) is 2. The maximum Gasteiger partial charge on any atom is 0.204 e. The second-order valence-corrected chi connectivity index (χ2v) is 6.85. The molecule has 0 fully saturated rings. The summed E-state index contributed by atoms with van der Waals surface area (Å²) in [5, 5.41) is 0. The molecule has 2 aliphatic rings. The van der Waals surface area contributed by atoms with Crippen molar-refractivity contribution in [2.75, 3.05) is 0 Å². The molecule has 2 heteroatoms. The van der Waals surface area contributed by atoms with Crippen LogP contribution in [0.1, 0.15) is 57.1 Å². The van der Waals surface area contributed by atoms with E-state index in [2.05, 4.69) is 45.9 Å². The maximum atomic E-state index is 6.20. The molecule has 0 amide bonds. The fourth-order valence-electron chi connectivity index (χ4n) is 3.45. The molecule has 0 atom stereocenters. The molecule has 0 N–H and O–H groups in total. The summed E-state index contributed by atoms with van der Waals surface area (Å²) in [6.45, 7) is 8.75. The van der Waals surface area contributed by atoms with E-state index in [1.807, 2.05) is 0 Å². The van der Waals surface area contributed by atoms with Crippen LogP contribution in [-0.4, -0.2) is 5.90 Å². The summed E-state index contributed by atoms with van der Waals surface area (Å²) in [4.78, 5) is 4.92. The Balaban J connectivity index is 2.00. The molecule has 0 saturated heterocycles.